The Labute approximate surface area is 155 Å². The molecular weight excluding hydrogens is 369 g/mol. The van der Waals surface area contributed by atoms with Crippen molar-refractivity contribution in [2.45, 2.75) is 12.5 Å². The van der Waals surface area contributed by atoms with E-state index in [4.69, 9.17) is 14.8 Å². The van der Waals surface area contributed by atoms with Gasteiger partial charge in [-0.25, -0.2) is 19.5 Å². The van der Waals surface area contributed by atoms with Crippen LogP contribution >= 0.6 is 7.82 Å². The van der Waals surface area contributed by atoms with Gasteiger partial charge in [0.15, 0.2) is 11.5 Å². The first kappa shape index (κ1) is 17.7. The van der Waals surface area contributed by atoms with Crippen LogP contribution in [0.1, 0.15) is 12.5 Å². The molecule has 9 nitrogen and oxygen atoms in total. The van der Waals surface area contributed by atoms with Crippen molar-refractivity contribution >= 4 is 24.8 Å². The van der Waals surface area contributed by atoms with Gasteiger partial charge in [-0.05, 0) is 18.6 Å². The number of fused-ring (bicyclic) bond motifs is 1. The Morgan fingerprint density at radius 3 is 2.85 bits per heavy atom. The maximum absolute atomic E-state index is 12.1. The second-order valence-electron chi connectivity index (χ2n) is 6.20. The zero-order chi connectivity index (χ0) is 18.9. The third-order valence-electron chi connectivity index (χ3n) is 4.31. The summed E-state index contributed by atoms with van der Waals surface area (Å²) in [5.74, 6) is 0.580. The molecule has 0 spiro atoms. The number of nitrogen functional groups attached to an aromatic ring is 1. The second kappa shape index (κ2) is 7.11. The molecule has 0 aliphatic heterocycles. The van der Waals surface area contributed by atoms with Crippen molar-refractivity contribution in [3.63, 3.8) is 0 Å². The fourth-order valence-electron chi connectivity index (χ4n) is 3.03. The minimum atomic E-state index is -4.18. The Morgan fingerprint density at radius 1 is 1.22 bits per heavy atom. The van der Waals surface area contributed by atoms with Crippen LogP contribution in [0, 0.1) is 5.92 Å². The van der Waals surface area contributed by atoms with Crippen molar-refractivity contribution in [2.75, 3.05) is 12.3 Å². The van der Waals surface area contributed by atoms with Gasteiger partial charge in [-0.3, -0.25) is 9.42 Å². The fraction of sp³-hybridized carbons (Fsp3) is 0.235. The van der Waals surface area contributed by atoms with Gasteiger partial charge in [-0.1, -0.05) is 30.4 Å². The number of phosphoric ester groups is 1. The van der Waals surface area contributed by atoms with Gasteiger partial charge in [0.2, 0.25) is 0 Å². The number of benzene rings is 1. The summed E-state index contributed by atoms with van der Waals surface area (Å²) in [5.41, 5.74) is 7.03. The average molecular weight is 387 g/mol. The lowest BCUT2D eigenvalue weighted by molar-refractivity contribution is 0.182. The summed E-state index contributed by atoms with van der Waals surface area (Å²) in [6.07, 6.45) is 7.69. The molecule has 3 N–H and O–H groups in total. The predicted octanol–water partition coefficient (Wildman–Crippen LogP) is 2.72. The van der Waals surface area contributed by atoms with Gasteiger partial charge < -0.3 is 14.8 Å². The molecule has 1 aromatic carbocycles. The summed E-state index contributed by atoms with van der Waals surface area (Å²) in [6.45, 7) is 0.0668. The number of nitrogens with zero attached hydrogens (tertiary/aromatic N) is 4. The van der Waals surface area contributed by atoms with Crippen molar-refractivity contribution < 1.29 is 18.5 Å². The summed E-state index contributed by atoms with van der Waals surface area (Å²) in [4.78, 5) is 22.3. The van der Waals surface area contributed by atoms with E-state index in [1.807, 2.05) is 16.7 Å². The van der Waals surface area contributed by atoms with Gasteiger partial charge in [0.05, 0.1) is 19.0 Å². The maximum Gasteiger partial charge on any atom is 0.527 e. The third-order valence-corrected chi connectivity index (χ3v) is 5.23. The monoisotopic (exact) mass is 387 g/mol. The molecule has 2 heterocycles. The number of para-hydroxylation sites is 1. The maximum atomic E-state index is 12.1. The molecule has 1 unspecified atom stereocenters. The molecule has 0 bridgehead atoms. The zero-order valence-electron chi connectivity index (χ0n) is 14.3. The number of imidazole rings is 1. The quantitative estimate of drug-likeness (QED) is 0.488. The van der Waals surface area contributed by atoms with Gasteiger partial charge in [0, 0.05) is 5.92 Å². The molecule has 3 atom stereocenters. The molecule has 2 aromatic heterocycles. The number of hydrogen-bond acceptors (Lipinski definition) is 7. The van der Waals surface area contributed by atoms with Gasteiger partial charge in [-0.2, -0.15) is 0 Å². The number of anilines is 1. The molecule has 0 amide bonds. The largest absolute Gasteiger partial charge is 0.527 e. The number of phosphoric acid groups is 1. The number of hydrogen-bond donors (Lipinski definition) is 2. The topological polar surface area (TPSA) is 125 Å². The number of aromatic nitrogens is 4. The van der Waals surface area contributed by atoms with E-state index in [2.05, 4.69) is 15.0 Å². The lowest BCUT2D eigenvalue weighted by Gasteiger charge is -2.16. The molecule has 0 saturated carbocycles. The van der Waals surface area contributed by atoms with Gasteiger partial charge >= 0.3 is 7.82 Å². The Bertz CT molecular complexity index is 1020. The van der Waals surface area contributed by atoms with Crippen molar-refractivity contribution in [1.29, 1.82) is 0 Å². The van der Waals surface area contributed by atoms with E-state index < -0.39 is 7.82 Å². The molecule has 10 heteroatoms. The summed E-state index contributed by atoms with van der Waals surface area (Å²) < 4.78 is 24.2. The lowest BCUT2D eigenvalue weighted by atomic mass is 10.1. The molecule has 27 heavy (non-hydrogen) atoms. The Balaban J connectivity index is 1.38. The molecular formula is C17H18N5O4P. The molecule has 1 aliphatic rings. The molecule has 0 saturated heterocycles. The number of nitrogens with two attached hydrogens (primary N) is 1. The Morgan fingerprint density at radius 2 is 2.04 bits per heavy atom. The van der Waals surface area contributed by atoms with Crippen LogP contribution in [0.2, 0.25) is 0 Å². The highest BCUT2D eigenvalue weighted by Crippen LogP contribution is 2.45. The molecule has 4 rings (SSSR count). The van der Waals surface area contributed by atoms with Gasteiger partial charge in [0.25, 0.3) is 0 Å². The smallest absolute Gasteiger partial charge is 0.404 e. The Kier molecular flexibility index (Phi) is 4.65. The first-order valence-corrected chi connectivity index (χ1v) is 9.85. The standard InChI is InChI=1S/C17H18N5O4P/c18-16-15-17(20-10-19-16)22(11-21-15)13-7-6-12(8-13)9-25-27(23,24)26-14-4-2-1-3-5-14/h1-7,10-13H,8-9H2,(H,23,24)(H2,18,19,20)/t12-,13+/m0/s1. The summed E-state index contributed by atoms with van der Waals surface area (Å²) in [6, 6.07) is 8.41. The normalized spacial score (nSPS) is 21.4. The summed E-state index contributed by atoms with van der Waals surface area (Å²) >= 11 is 0. The molecule has 140 valence electrons. The highest BCUT2D eigenvalue weighted by Gasteiger charge is 2.28. The van der Waals surface area contributed by atoms with Crippen LogP contribution in [-0.2, 0) is 9.09 Å². The summed E-state index contributed by atoms with van der Waals surface area (Å²) in [7, 11) is -4.18. The van der Waals surface area contributed by atoms with E-state index in [1.165, 1.54) is 6.33 Å². The van der Waals surface area contributed by atoms with Gasteiger partial charge in [-0.15, -0.1) is 0 Å². The van der Waals surface area contributed by atoms with Crippen molar-refractivity contribution in [2.24, 2.45) is 5.92 Å². The Hall–Kier alpha value is -2.74. The average Bonchev–Trinajstić information content (AvgIpc) is 3.28. The van der Waals surface area contributed by atoms with E-state index in [0.717, 1.165) is 0 Å². The first-order valence-electron chi connectivity index (χ1n) is 8.35. The highest BCUT2D eigenvalue weighted by molar-refractivity contribution is 7.47. The van der Waals surface area contributed by atoms with Crippen LogP contribution in [0.5, 0.6) is 5.75 Å². The van der Waals surface area contributed by atoms with E-state index in [9.17, 15) is 9.46 Å². The van der Waals surface area contributed by atoms with E-state index >= 15 is 0 Å². The van der Waals surface area contributed by atoms with Crippen molar-refractivity contribution in [3.8, 4) is 5.75 Å². The van der Waals surface area contributed by atoms with Crippen LogP contribution < -0.4 is 10.3 Å². The molecule has 0 fully saturated rings. The molecule has 3 aromatic rings. The SMILES string of the molecule is Nc1ncnc2c1ncn2[C@@H]1C=C[C@H](COP(=O)(O)Oc2ccccc2)C1. The highest BCUT2D eigenvalue weighted by atomic mass is 31.2. The van der Waals surface area contributed by atoms with Crippen LogP contribution in [0.15, 0.2) is 55.1 Å². The van der Waals surface area contributed by atoms with Crippen molar-refractivity contribution in [1.82, 2.24) is 19.5 Å². The lowest BCUT2D eigenvalue weighted by Crippen LogP contribution is -2.10. The summed E-state index contributed by atoms with van der Waals surface area (Å²) in [5, 5.41) is 0. The van der Waals surface area contributed by atoms with Gasteiger partial charge in [0.1, 0.15) is 17.6 Å². The van der Waals surface area contributed by atoms with Crippen LogP contribution in [0.3, 0.4) is 0 Å². The fourth-order valence-corrected chi connectivity index (χ4v) is 3.85. The van der Waals surface area contributed by atoms with E-state index in [0.29, 0.717) is 23.4 Å². The van der Waals surface area contributed by atoms with E-state index in [1.54, 1.807) is 36.7 Å². The number of rotatable bonds is 6. The number of allylic oxidation sites excluding steroid dienone is 1. The molecule has 0 radical (unpaired) electrons. The second-order valence-corrected chi connectivity index (χ2v) is 7.58. The van der Waals surface area contributed by atoms with E-state index in [-0.39, 0.29) is 24.3 Å². The predicted molar refractivity (Wildman–Crippen MR) is 98.9 cm³/mol. The third kappa shape index (κ3) is 3.85. The zero-order valence-corrected chi connectivity index (χ0v) is 15.1. The van der Waals surface area contributed by atoms with Crippen LogP contribution in [0.25, 0.3) is 11.2 Å². The minimum Gasteiger partial charge on any atom is -0.404 e. The minimum absolute atomic E-state index is 0.00557. The van der Waals surface area contributed by atoms with Crippen LogP contribution in [0.4, 0.5) is 5.82 Å². The van der Waals surface area contributed by atoms with Crippen LogP contribution in [-0.4, -0.2) is 31.0 Å². The molecule has 1 aliphatic carbocycles. The first-order chi connectivity index (χ1) is 13.0. The van der Waals surface area contributed by atoms with Crippen molar-refractivity contribution in [3.05, 3.63) is 55.1 Å².